The van der Waals surface area contributed by atoms with Gasteiger partial charge in [-0.25, -0.2) is 0 Å². The average Bonchev–Trinajstić information content (AvgIpc) is 2.63. The molecule has 0 radical (unpaired) electrons. The van der Waals surface area contributed by atoms with Gasteiger partial charge in [0.2, 0.25) is 5.91 Å². The van der Waals surface area contributed by atoms with E-state index in [1.54, 1.807) is 36.5 Å². The van der Waals surface area contributed by atoms with E-state index >= 15 is 0 Å². The Morgan fingerprint density at radius 2 is 1.54 bits per heavy atom. The number of hydrogen-bond donors (Lipinski definition) is 2. The summed E-state index contributed by atoms with van der Waals surface area (Å²) in [5, 5.41) is 2.82. The molecule has 5 nitrogen and oxygen atoms in total. The topological polar surface area (TPSA) is 85.1 Å². The van der Waals surface area contributed by atoms with Crippen LogP contribution in [0.3, 0.4) is 0 Å². The number of para-hydroxylation sites is 1. The molecule has 3 N–H and O–H groups in total. The molecule has 0 fully saturated rings. The Morgan fingerprint density at radius 1 is 0.833 bits per heavy atom. The number of pyridine rings is 1. The third kappa shape index (κ3) is 3.47. The maximum Gasteiger partial charge on any atom is 0.257 e. The number of nitrogens with one attached hydrogen (secondary N) is 1. The molecule has 0 spiro atoms. The summed E-state index contributed by atoms with van der Waals surface area (Å²) in [5.74, 6) is -0.708. The van der Waals surface area contributed by atoms with Crippen LogP contribution in [-0.4, -0.2) is 16.8 Å². The van der Waals surface area contributed by atoms with E-state index in [4.69, 9.17) is 5.73 Å². The van der Waals surface area contributed by atoms with E-state index in [-0.39, 0.29) is 5.91 Å². The van der Waals surface area contributed by atoms with Crippen LogP contribution in [0.1, 0.15) is 20.7 Å². The average molecular weight is 317 g/mol. The van der Waals surface area contributed by atoms with E-state index in [0.717, 1.165) is 16.8 Å². The molecule has 3 aromatic rings. The summed E-state index contributed by atoms with van der Waals surface area (Å²) in [7, 11) is 0. The number of carbonyl (C=O) groups excluding carboxylic acids is 2. The smallest absolute Gasteiger partial charge is 0.257 e. The van der Waals surface area contributed by atoms with Gasteiger partial charge in [0.1, 0.15) is 0 Å². The second kappa shape index (κ2) is 6.75. The van der Waals surface area contributed by atoms with Gasteiger partial charge in [0.05, 0.1) is 5.56 Å². The first kappa shape index (κ1) is 15.4. The van der Waals surface area contributed by atoms with E-state index in [1.807, 2.05) is 30.3 Å². The molecular formula is C19H15N3O2. The van der Waals surface area contributed by atoms with Gasteiger partial charge in [-0.05, 0) is 35.9 Å². The molecule has 3 rings (SSSR count). The Balaban J connectivity index is 1.83. The molecular weight excluding hydrogens is 302 g/mol. The Kier molecular flexibility index (Phi) is 4.34. The van der Waals surface area contributed by atoms with Crippen molar-refractivity contribution in [3.05, 3.63) is 84.2 Å². The fraction of sp³-hybridized carbons (Fsp3) is 0. The van der Waals surface area contributed by atoms with Crippen LogP contribution < -0.4 is 11.1 Å². The van der Waals surface area contributed by atoms with Crippen LogP contribution in [0.4, 0.5) is 5.69 Å². The third-order valence-electron chi connectivity index (χ3n) is 3.53. The summed E-state index contributed by atoms with van der Waals surface area (Å²) in [6, 6.07) is 17.8. The number of hydrogen-bond acceptors (Lipinski definition) is 3. The number of benzene rings is 2. The molecule has 24 heavy (non-hydrogen) atoms. The summed E-state index contributed by atoms with van der Waals surface area (Å²) in [5.41, 5.74) is 8.48. The van der Waals surface area contributed by atoms with Crippen LogP contribution in [0.25, 0.3) is 11.1 Å². The minimum Gasteiger partial charge on any atom is -0.366 e. The van der Waals surface area contributed by atoms with Gasteiger partial charge in [-0.3, -0.25) is 14.6 Å². The number of aromatic nitrogens is 1. The highest BCUT2D eigenvalue weighted by Gasteiger charge is 2.09. The van der Waals surface area contributed by atoms with Crippen molar-refractivity contribution < 1.29 is 9.59 Å². The van der Waals surface area contributed by atoms with Gasteiger partial charge in [-0.1, -0.05) is 30.3 Å². The van der Waals surface area contributed by atoms with Crippen molar-refractivity contribution in [3.63, 3.8) is 0 Å². The Bertz CT molecular complexity index is 875. The fourth-order valence-electron chi connectivity index (χ4n) is 2.27. The van der Waals surface area contributed by atoms with Crippen molar-refractivity contribution in [1.29, 1.82) is 0 Å². The highest BCUT2D eigenvalue weighted by Crippen LogP contribution is 2.20. The maximum absolute atomic E-state index is 12.3. The van der Waals surface area contributed by atoms with Gasteiger partial charge in [0, 0.05) is 29.2 Å². The summed E-state index contributed by atoms with van der Waals surface area (Å²) >= 11 is 0. The Labute approximate surface area is 139 Å². The quantitative estimate of drug-likeness (QED) is 0.775. The normalized spacial score (nSPS) is 10.2. The van der Waals surface area contributed by atoms with E-state index in [0.29, 0.717) is 11.1 Å². The monoisotopic (exact) mass is 317 g/mol. The molecule has 0 bridgehead atoms. The number of nitrogens with two attached hydrogens (primary N) is 1. The number of rotatable bonds is 4. The zero-order chi connectivity index (χ0) is 16.9. The van der Waals surface area contributed by atoms with Crippen LogP contribution in [-0.2, 0) is 0 Å². The molecule has 0 saturated heterocycles. The van der Waals surface area contributed by atoms with Crippen molar-refractivity contribution in [2.45, 2.75) is 0 Å². The zero-order valence-electron chi connectivity index (χ0n) is 12.8. The molecule has 0 aliphatic carbocycles. The van der Waals surface area contributed by atoms with Crippen LogP contribution in [0.2, 0.25) is 0 Å². The van der Waals surface area contributed by atoms with Gasteiger partial charge in [-0.15, -0.1) is 0 Å². The molecule has 0 atom stereocenters. The number of carbonyl (C=O) groups is 2. The molecule has 2 aromatic carbocycles. The lowest BCUT2D eigenvalue weighted by molar-refractivity contribution is 0.0997. The summed E-state index contributed by atoms with van der Waals surface area (Å²) in [6.07, 6.45) is 3.18. The summed E-state index contributed by atoms with van der Waals surface area (Å²) < 4.78 is 0. The van der Waals surface area contributed by atoms with Crippen LogP contribution in [0, 0.1) is 0 Å². The maximum atomic E-state index is 12.3. The lowest BCUT2D eigenvalue weighted by Gasteiger charge is -2.07. The first-order chi connectivity index (χ1) is 11.6. The van der Waals surface area contributed by atoms with Crippen LogP contribution >= 0.6 is 0 Å². The predicted molar refractivity (Wildman–Crippen MR) is 92.6 cm³/mol. The third-order valence-corrected chi connectivity index (χ3v) is 3.53. The lowest BCUT2D eigenvalue weighted by atomic mass is 10.0. The van der Waals surface area contributed by atoms with Crippen molar-refractivity contribution in [2.75, 3.05) is 5.32 Å². The SMILES string of the molecule is NC(=O)c1ccc(-c2cncc(C(=O)Nc3ccccc3)c2)cc1. The predicted octanol–water partition coefficient (Wildman–Crippen LogP) is 3.10. The number of amides is 2. The first-order valence-electron chi connectivity index (χ1n) is 7.35. The van der Waals surface area contributed by atoms with Gasteiger partial charge >= 0.3 is 0 Å². The fourth-order valence-corrected chi connectivity index (χ4v) is 2.27. The van der Waals surface area contributed by atoms with E-state index in [1.165, 1.54) is 6.20 Å². The molecule has 2 amide bonds. The van der Waals surface area contributed by atoms with Crippen molar-refractivity contribution in [1.82, 2.24) is 4.98 Å². The standard InChI is InChI=1S/C19H15N3O2/c20-18(23)14-8-6-13(7-9-14)15-10-16(12-21-11-15)19(24)22-17-4-2-1-3-5-17/h1-12H,(H2,20,23)(H,22,24). The highest BCUT2D eigenvalue weighted by atomic mass is 16.2. The summed E-state index contributed by atoms with van der Waals surface area (Å²) in [4.78, 5) is 27.6. The summed E-state index contributed by atoms with van der Waals surface area (Å²) in [6.45, 7) is 0. The molecule has 5 heteroatoms. The van der Waals surface area contributed by atoms with Crippen LogP contribution in [0.15, 0.2) is 73.1 Å². The lowest BCUT2D eigenvalue weighted by Crippen LogP contribution is -2.12. The zero-order valence-corrected chi connectivity index (χ0v) is 12.8. The second-order valence-electron chi connectivity index (χ2n) is 5.22. The van der Waals surface area contributed by atoms with E-state index in [9.17, 15) is 9.59 Å². The largest absolute Gasteiger partial charge is 0.366 e. The molecule has 0 saturated carbocycles. The molecule has 0 aliphatic rings. The molecule has 1 heterocycles. The van der Waals surface area contributed by atoms with Crippen molar-refractivity contribution in [2.24, 2.45) is 5.73 Å². The van der Waals surface area contributed by atoms with Gasteiger partial charge < -0.3 is 11.1 Å². The molecule has 0 aliphatic heterocycles. The number of anilines is 1. The van der Waals surface area contributed by atoms with Gasteiger partial charge in [-0.2, -0.15) is 0 Å². The minimum atomic E-state index is -0.476. The Morgan fingerprint density at radius 3 is 2.21 bits per heavy atom. The first-order valence-corrected chi connectivity index (χ1v) is 7.35. The molecule has 1 aromatic heterocycles. The van der Waals surface area contributed by atoms with Gasteiger partial charge in [0.15, 0.2) is 0 Å². The van der Waals surface area contributed by atoms with Crippen molar-refractivity contribution in [3.8, 4) is 11.1 Å². The minimum absolute atomic E-state index is 0.232. The van der Waals surface area contributed by atoms with Gasteiger partial charge in [0.25, 0.3) is 5.91 Å². The number of primary amides is 1. The van der Waals surface area contributed by atoms with Crippen LogP contribution in [0.5, 0.6) is 0 Å². The van der Waals surface area contributed by atoms with E-state index < -0.39 is 5.91 Å². The van der Waals surface area contributed by atoms with E-state index in [2.05, 4.69) is 10.3 Å². The highest BCUT2D eigenvalue weighted by molar-refractivity contribution is 6.04. The number of nitrogens with zero attached hydrogens (tertiary/aromatic N) is 1. The molecule has 118 valence electrons. The second-order valence-corrected chi connectivity index (χ2v) is 5.22. The van der Waals surface area contributed by atoms with Crippen molar-refractivity contribution >= 4 is 17.5 Å². The molecule has 0 unspecified atom stereocenters. The Hall–Kier alpha value is -3.47.